The van der Waals surface area contributed by atoms with Gasteiger partial charge in [0.05, 0.1) is 6.04 Å². The first kappa shape index (κ1) is 16.4. The van der Waals surface area contributed by atoms with Crippen molar-refractivity contribution in [2.45, 2.75) is 51.1 Å². The topological polar surface area (TPSA) is 136 Å². The second kappa shape index (κ2) is 8.46. The van der Waals surface area contributed by atoms with E-state index in [1.54, 1.807) is 0 Å². The number of aliphatic carboxylic acids is 1. The zero-order chi connectivity index (χ0) is 14.1. The first-order valence-corrected chi connectivity index (χ1v) is 5.95. The third-order valence-corrected chi connectivity index (χ3v) is 2.50. The molecule has 0 aromatic carbocycles. The van der Waals surface area contributed by atoms with Crippen LogP contribution in [0.1, 0.15) is 39.0 Å². The lowest BCUT2D eigenvalue weighted by Crippen LogP contribution is -2.48. The lowest BCUT2D eigenvalue weighted by atomic mass is 10.1. The normalized spacial score (nSPS) is 13.7. The summed E-state index contributed by atoms with van der Waals surface area (Å²) in [5.41, 5.74) is 10.5. The van der Waals surface area contributed by atoms with Crippen LogP contribution in [0.15, 0.2) is 0 Å². The Morgan fingerprint density at radius 2 is 1.89 bits per heavy atom. The van der Waals surface area contributed by atoms with Crippen LogP contribution < -0.4 is 16.8 Å². The second-order valence-corrected chi connectivity index (χ2v) is 4.15. The SMILES string of the molecule is CCCC[C@H](N)C(=O)N[C@H](CCC(N)=O)C(=O)O. The van der Waals surface area contributed by atoms with E-state index in [0.29, 0.717) is 6.42 Å². The summed E-state index contributed by atoms with van der Waals surface area (Å²) in [7, 11) is 0. The number of unbranched alkanes of at least 4 members (excludes halogenated alkanes) is 1. The fraction of sp³-hybridized carbons (Fsp3) is 0.727. The molecule has 104 valence electrons. The average Bonchev–Trinajstić information content (AvgIpc) is 2.30. The van der Waals surface area contributed by atoms with Crippen molar-refractivity contribution >= 4 is 17.8 Å². The summed E-state index contributed by atoms with van der Waals surface area (Å²) in [6.45, 7) is 1.97. The Kier molecular flexibility index (Phi) is 7.69. The second-order valence-electron chi connectivity index (χ2n) is 4.15. The largest absolute Gasteiger partial charge is 0.480 e. The predicted molar refractivity (Wildman–Crippen MR) is 65.5 cm³/mol. The molecule has 0 aliphatic rings. The minimum atomic E-state index is -1.20. The van der Waals surface area contributed by atoms with E-state index >= 15 is 0 Å². The van der Waals surface area contributed by atoms with Gasteiger partial charge in [-0.15, -0.1) is 0 Å². The van der Waals surface area contributed by atoms with Crippen molar-refractivity contribution in [2.75, 3.05) is 0 Å². The zero-order valence-electron chi connectivity index (χ0n) is 10.5. The van der Waals surface area contributed by atoms with Gasteiger partial charge in [-0.1, -0.05) is 19.8 Å². The summed E-state index contributed by atoms with van der Waals surface area (Å²) in [5, 5.41) is 11.2. The number of amides is 2. The van der Waals surface area contributed by atoms with Gasteiger partial charge in [-0.25, -0.2) is 4.79 Å². The Bertz CT molecular complexity index is 307. The summed E-state index contributed by atoms with van der Waals surface area (Å²) in [5.74, 6) is -2.32. The Labute approximate surface area is 106 Å². The monoisotopic (exact) mass is 259 g/mol. The Morgan fingerprint density at radius 3 is 2.33 bits per heavy atom. The molecule has 2 amide bonds. The van der Waals surface area contributed by atoms with Crippen LogP contribution in [0.3, 0.4) is 0 Å². The van der Waals surface area contributed by atoms with Crippen LogP contribution in [0, 0.1) is 0 Å². The van der Waals surface area contributed by atoms with Gasteiger partial charge in [-0.2, -0.15) is 0 Å². The van der Waals surface area contributed by atoms with Crippen molar-refractivity contribution in [3.8, 4) is 0 Å². The molecule has 0 aliphatic carbocycles. The number of carbonyl (C=O) groups is 3. The van der Waals surface area contributed by atoms with Gasteiger partial charge in [0, 0.05) is 6.42 Å². The molecule has 0 aliphatic heterocycles. The summed E-state index contributed by atoms with van der Waals surface area (Å²) in [6.07, 6.45) is 2.08. The number of carbonyl (C=O) groups excluding carboxylic acids is 2. The van der Waals surface area contributed by atoms with Crippen LogP contribution in [0.5, 0.6) is 0 Å². The molecule has 2 atom stereocenters. The van der Waals surface area contributed by atoms with Gasteiger partial charge in [0.1, 0.15) is 6.04 Å². The van der Waals surface area contributed by atoms with Crippen molar-refractivity contribution in [2.24, 2.45) is 11.5 Å². The maximum absolute atomic E-state index is 11.6. The molecule has 7 nitrogen and oxygen atoms in total. The van der Waals surface area contributed by atoms with E-state index in [4.69, 9.17) is 16.6 Å². The van der Waals surface area contributed by atoms with E-state index in [0.717, 1.165) is 12.8 Å². The molecule has 0 aromatic heterocycles. The van der Waals surface area contributed by atoms with Crippen LogP contribution >= 0.6 is 0 Å². The maximum Gasteiger partial charge on any atom is 0.326 e. The number of nitrogens with one attached hydrogen (secondary N) is 1. The number of hydrogen-bond donors (Lipinski definition) is 4. The van der Waals surface area contributed by atoms with E-state index in [1.807, 2.05) is 6.92 Å². The molecule has 0 saturated carbocycles. The van der Waals surface area contributed by atoms with Crippen LogP contribution in [0.4, 0.5) is 0 Å². The number of carboxylic acid groups (broad SMARTS) is 1. The minimum Gasteiger partial charge on any atom is -0.480 e. The molecule has 0 fully saturated rings. The summed E-state index contributed by atoms with van der Waals surface area (Å²) >= 11 is 0. The fourth-order valence-electron chi connectivity index (χ4n) is 1.38. The number of nitrogens with two attached hydrogens (primary N) is 2. The molecule has 7 heteroatoms. The van der Waals surface area contributed by atoms with E-state index in [2.05, 4.69) is 5.32 Å². The third kappa shape index (κ3) is 6.85. The molecule has 0 rings (SSSR count). The van der Waals surface area contributed by atoms with Crippen molar-refractivity contribution in [1.82, 2.24) is 5.32 Å². The van der Waals surface area contributed by atoms with Gasteiger partial charge < -0.3 is 21.9 Å². The van der Waals surface area contributed by atoms with Crippen LogP contribution in [0.25, 0.3) is 0 Å². The standard InChI is InChI=1S/C11H21N3O4/c1-2-3-4-7(12)10(16)14-8(11(17)18)5-6-9(13)15/h7-8H,2-6,12H2,1H3,(H2,13,15)(H,14,16)(H,17,18)/t7-,8+/m0/s1. The van der Waals surface area contributed by atoms with E-state index in [1.165, 1.54) is 0 Å². The molecule has 0 bridgehead atoms. The van der Waals surface area contributed by atoms with Gasteiger partial charge in [-0.05, 0) is 12.8 Å². The van der Waals surface area contributed by atoms with Crippen molar-refractivity contribution in [3.63, 3.8) is 0 Å². The molecular formula is C11H21N3O4. The van der Waals surface area contributed by atoms with Crippen molar-refractivity contribution in [1.29, 1.82) is 0 Å². The van der Waals surface area contributed by atoms with Gasteiger partial charge >= 0.3 is 5.97 Å². The highest BCUT2D eigenvalue weighted by molar-refractivity contribution is 5.87. The average molecular weight is 259 g/mol. The van der Waals surface area contributed by atoms with Crippen LogP contribution in [-0.2, 0) is 14.4 Å². The molecule has 18 heavy (non-hydrogen) atoms. The molecule has 0 spiro atoms. The highest BCUT2D eigenvalue weighted by atomic mass is 16.4. The van der Waals surface area contributed by atoms with Gasteiger partial charge in [-0.3, -0.25) is 9.59 Å². The number of rotatable bonds is 9. The summed E-state index contributed by atoms with van der Waals surface area (Å²) in [4.78, 5) is 33.0. The Hall–Kier alpha value is -1.63. The number of primary amides is 1. The minimum absolute atomic E-state index is 0.0308. The highest BCUT2D eigenvalue weighted by Gasteiger charge is 2.23. The molecule has 0 saturated heterocycles. The zero-order valence-corrected chi connectivity index (χ0v) is 10.5. The maximum atomic E-state index is 11.6. The Balaban J connectivity index is 4.26. The van der Waals surface area contributed by atoms with Crippen LogP contribution in [-0.4, -0.2) is 35.0 Å². The van der Waals surface area contributed by atoms with Gasteiger partial charge in [0.25, 0.3) is 0 Å². The Morgan fingerprint density at radius 1 is 1.28 bits per heavy atom. The van der Waals surface area contributed by atoms with E-state index in [-0.39, 0.29) is 12.8 Å². The molecule has 0 unspecified atom stereocenters. The van der Waals surface area contributed by atoms with Gasteiger partial charge in [0.15, 0.2) is 0 Å². The van der Waals surface area contributed by atoms with Crippen molar-refractivity contribution < 1.29 is 19.5 Å². The number of carboxylic acids is 1. The predicted octanol–water partition coefficient (Wildman–Crippen LogP) is -0.661. The molecule has 6 N–H and O–H groups in total. The van der Waals surface area contributed by atoms with Gasteiger partial charge in [0.2, 0.25) is 11.8 Å². The first-order chi connectivity index (χ1) is 8.38. The lowest BCUT2D eigenvalue weighted by molar-refractivity contribution is -0.142. The van der Waals surface area contributed by atoms with Crippen molar-refractivity contribution in [3.05, 3.63) is 0 Å². The van der Waals surface area contributed by atoms with Crippen LogP contribution in [0.2, 0.25) is 0 Å². The van der Waals surface area contributed by atoms with E-state index in [9.17, 15) is 14.4 Å². The first-order valence-electron chi connectivity index (χ1n) is 5.95. The summed E-state index contributed by atoms with van der Waals surface area (Å²) in [6, 6.07) is -1.85. The quantitative estimate of drug-likeness (QED) is 0.436. The third-order valence-electron chi connectivity index (χ3n) is 2.50. The lowest BCUT2D eigenvalue weighted by Gasteiger charge is -2.17. The number of hydrogen-bond acceptors (Lipinski definition) is 4. The fourth-order valence-corrected chi connectivity index (χ4v) is 1.38. The molecule has 0 heterocycles. The highest BCUT2D eigenvalue weighted by Crippen LogP contribution is 2.01. The molecule has 0 radical (unpaired) electrons. The van der Waals surface area contributed by atoms with E-state index < -0.39 is 29.9 Å². The summed E-state index contributed by atoms with van der Waals surface area (Å²) < 4.78 is 0. The smallest absolute Gasteiger partial charge is 0.326 e. The molecule has 0 aromatic rings. The molecular weight excluding hydrogens is 238 g/mol.